The van der Waals surface area contributed by atoms with Gasteiger partial charge in [0.05, 0.1) is 0 Å². The van der Waals surface area contributed by atoms with Crippen LogP contribution >= 0.6 is 0 Å². The normalized spacial score (nSPS) is 28.2. The molecule has 0 radical (unpaired) electrons. The molecule has 2 N–H and O–H groups in total. The zero-order valence-corrected chi connectivity index (χ0v) is 12.4. The predicted molar refractivity (Wildman–Crippen MR) is 75.9 cm³/mol. The Morgan fingerprint density at radius 1 is 1.19 bits per heavy atom. The van der Waals surface area contributed by atoms with E-state index in [1.54, 1.807) is 0 Å². The average Bonchev–Trinajstić information content (AvgIpc) is 3.05. The standard InChI is InChI=1S/C14H19NO5S/c16-21(17,18)15-10-12-13(11-6-2-1-3-7-11)20-14(19-12)8-4-5-9-14/h1-3,6-7,12-13,15H,4-5,8-10H2,(H,16,17,18). The molecule has 1 saturated heterocycles. The van der Waals surface area contributed by atoms with E-state index < -0.39 is 22.2 Å². The first-order chi connectivity index (χ1) is 9.98. The molecule has 6 nitrogen and oxygen atoms in total. The maximum Gasteiger partial charge on any atom is 0.333 e. The SMILES string of the molecule is O=S(=O)(O)NCC1OC2(CCCC2)OC1c1ccccc1. The first-order valence-corrected chi connectivity index (χ1v) is 8.54. The molecule has 1 spiro atoms. The molecule has 116 valence electrons. The monoisotopic (exact) mass is 313 g/mol. The van der Waals surface area contributed by atoms with Gasteiger partial charge in [0, 0.05) is 19.4 Å². The molecule has 1 saturated carbocycles. The highest BCUT2D eigenvalue weighted by Gasteiger charge is 2.49. The van der Waals surface area contributed by atoms with Crippen molar-refractivity contribution in [2.75, 3.05) is 6.54 Å². The lowest BCUT2D eigenvalue weighted by Gasteiger charge is -2.22. The molecule has 2 fully saturated rings. The van der Waals surface area contributed by atoms with Crippen molar-refractivity contribution in [1.82, 2.24) is 4.72 Å². The van der Waals surface area contributed by atoms with E-state index in [-0.39, 0.29) is 12.6 Å². The molecule has 2 aliphatic rings. The number of nitrogens with one attached hydrogen (secondary N) is 1. The van der Waals surface area contributed by atoms with Gasteiger partial charge in [-0.05, 0) is 18.4 Å². The molecule has 21 heavy (non-hydrogen) atoms. The molecule has 1 aromatic rings. The molecule has 1 aliphatic heterocycles. The zero-order chi connectivity index (χ0) is 14.9. The van der Waals surface area contributed by atoms with Crippen molar-refractivity contribution in [2.24, 2.45) is 0 Å². The van der Waals surface area contributed by atoms with Crippen molar-refractivity contribution in [3.05, 3.63) is 35.9 Å². The topological polar surface area (TPSA) is 84.9 Å². The van der Waals surface area contributed by atoms with Crippen molar-refractivity contribution < 1.29 is 22.4 Å². The van der Waals surface area contributed by atoms with E-state index in [0.717, 1.165) is 31.2 Å². The van der Waals surface area contributed by atoms with Gasteiger partial charge in [-0.3, -0.25) is 4.55 Å². The second-order valence-electron chi connectivity index (χ2n) is 5.55. The van der Waals surface area contributed by atoms with Gasteiger partial charge >= 0.3 is 10.3 Å². The van der Waals surface area contributed by atoms with Crippen LogP contribution in [0.4, 0.5) is 0 Å². The summed E-state index contributed by atoms with van der Waals surface area (Å²) in [6, 6.07) is 9.60. The molecule has 2 atom stereocenters. The van der Waals surface area contributed by atoms with Crippen LogP contribution in [0.2, 0.25) is 0 Å². The third kappa shape index (κ3) is 3.44. The summed E-state index contributed by atoms with van der Waals surface area (Å²) in [4.78, 5) is 0. The van der Waals surface area contributed by atoms with E-state index in [0.29, 0.717) is 0 Å². The minimum Gasteiger partial charge on any atom is -0.342 e. The number of benzene rings is 1. The lowest BCUT2D eigenvalue weighted by molar-refractivity contribution is -0.169. The Balaban J connectivity index is 1.80. The van der Waals surface area contributed by atoms with Crippen LogP contribution in [0.3, 0.4) is 0 Å². The number of rotatable bonds is 4. The Kier molecular flexibility index (Phi) is 4.02. The molecular weight excluding hydrogens is 294 g/mol. The van der Waals surface area contributed by atoms with Gasteiger partial charge in [-0.1, -0.05) is 30.3 Å². The average molecular weight is 313 g/mol. The van der Waals surface area contributed by atoms with Crippen molar-refractivity contribution in [3.8, 4) is 0 Å². The molecule has 3 rings (SSSR count). The van der Waals surface area contributed by atoms with E-state index >= 15 is 0 Å². The first-order valence-electron chi connectivity index (χ1n) is 7.10. The summed E-state index contributed by atoms with van der Waals surface area (Å²) in [6.07, 6.45) is 2.93. The molecule has 0 aromatic heterocycles. The van der Waals surface area contributed by atoms with Crippen LogP contribution in [0.1, 0.15) is 37.4 Å². The fourth-order valence-electron chi connectivity index (χ4n) is 3.08. The Labute approximate surface area is 124 Å². The fourth-order valence-corrected chi connectivity index (χ4v) is 3.46. The van der Waals surface area contributed by atoms with Gasteiger partial charge in [-0.15, -0.1) is 0 Å². The predicted octanol–water partition coefficient (Wildman–Crippen LogP) is 1.81. The van der Waals surface area contributed by atoms with Gasteiger partial charge in [0.2, 0.25) is 0 Å². The molecule has 1 heterocycles. The van der Waals surface area contributed by atoms with E-state index in [1.165, 1.54) is 0 Å². The van der Waals surface area contributed by atoms with Crippen LogP contribution in [0.25, 0.3) is 0 Å². The van der Waals surface area contributed by atoms with Crippen LogP contribution in [0, 0.1) is 0 Å². The summed E-state index contributed by atoms with van der Waals surface area (Å²) >= 11 is 0. The highest BCUT2D eigenvalue weighted by molar-refractivity contribution is 7.83. The van der Waals surface area contributed by atoms with Crippen LogP contribution in [-0.2, 0) is 19.8 Å². The second-order valence-corrected chi connectivity index (χ2v) is 6.79. The highest BCUT2D eigenvalue weighted by Crippen LogP contribution is 2.46. The fraction of sp³-hybridized carbons (Fsp3) is 0.571. The number of ether oxygens (including phenoxy) is 2. The Morgan fingerprint density at radius 3 is 2.48 bits per heavy atom. The van der Waals surface area contributed by atoms with Crippen molar-refractivity contribution in [3.63, 3.8) is 0 Å². The maximum atomic E-state index is 10.9. The Morgan fingerprint density at radius 2 is 1.86 bits per heavy atom. The Bertz CT molecular complexity index is 583. The van der Waals surface area contributed by atoms with Crippen LogP contribution in [0.15, 0.2) is 30.3 Å². The van der Waals surface area contributed by atoms with Gasteiger partial charge in [-0.25, -0.2) is 0 Å². The minimum absolute atomic E-state index is 0.0137. The highest BCUT2D eigenvalue weighted by atomic mass is 32.2. The summed E-state index contributed by atoms with van der Waals surface area (Å²) in [5.41, 5.74) is 0.948. The molecule has 0 amide bonds. The Hall–Kier alpha value is -0.990. The lowest BCUT2D eigenvalue weighted by atomic mass is 10.1. The summed E-state index contributed by atoms with van der Waals surface area (Å²) in [5, 5.41) is 0. The summed E-state index contributed by atoms with van der Waals surface area (Å²) in [7, 11) is -4.24. The minimum atomic E-state index is -4.24. The van der Waals surface area contributed by atoms with Gasteiger partial charge in [0.1, 0.15) is 12.2 Å². The van der Waals surface area contributed by atoms with Gasteiger partial charge in [0.15, 0.2) is 5.79 Å². The van der Waals surface area contributed by atoms with E-state index in [9.17, 15) is 8.42 Å². The van der Waals surface area contributed by atoms with Gasteiger partial charge in [-0.2, -0.15) is 13.1 Å². The van der Waals surface area contributed by atoms with Crippen LogP contribution < -0.4 is 4.72 Å². The molecule has 7 heteroatoms. The molecule has 2 unspecified atom stereocenters. The third-order valence-electron chi connectivity index (χ3n) is 4.01. The van der Waals surface area contributed by atoms with E-state index in [4.69, 9.17) is 14.0 Å². The summed E-state index contributed by atoms with van der Waals surface area (Å²) in [6.45, 7) is -0.0137. The third-order valence-corrected chi connectivity index (χ3v) is 4.54. The van der Waals surface area contributed by atoms with Crippen molar-refractivity contribution in [1.29, 1.82) is 0 Å². The van der Waals surface area contributed by atoms with Crippen molar-refractivity contribution in [2.45, 2.75) is 43.7 Å². The smallest absolute Gasteiger partial charge is 0.333 e. The maximum absolute atomic E-state index is 10.9. The number of hydrogen-bond acceptors (Lipinski definition) is 4. The van der Waals surface area contributed by atoms with Crippen LogP contribution in [0.5, 0.6) is 0 Å². The molecule has 1 aliphatic carbocycles. The number of hydrogen-bond donors (Lipinski definition) is 2. The zero-order valence-electron chi connectivity index (χ0n) is 11.6. The first kappa shape index (κ1) is 14.9. The quantitative estimate of drug-likeness (QED) is 0.828. The van der Waals surface area contributed by atoms with E-state index in [1.807, 2.05) is 30.3 Å². The van der Waals surface area contributed by atoms with E-state index in [2.05, 4.69) is 4.72 Å². The molecule has 1 aromatic carbocycles. The van der Waals surface area contributed by atoms with Crippen LogP contribution in [-0.4, -0.2) is 31.4 Å². The van der Waals surface area contributed by atoms with Crippen molar-refractivity contribution >= 4 is 10.3 Å². The molecule has 0 bridgehead atoms. The summed E-state index contributed by atoms with van der Waals surface area (Å²) < 4.78 is 44.9. The summed E-state index contributed by atoms with van der Waals surface area (Å²) in [5.74, 6) is -0.605. The second kappa shape index (κ2) is 5.66. The van der Waals surface area contributed by atoms with Gasteiger partial charge in [0.25, 0.3) is 0 Å². The lowest BCUT2D eigenvalue weighted by Crippen LogP contribution is -2.35. The largest absolute Gasteiger partial charge is 0.342 e. The molecular formula is C14H19NO5S. The van der Waals surface area contributed by atoms with Gasteiger partial charge < -0.3 is 9.47 Å².